The quantitative estimate of drug-likeness (QED) is 0.763. The van der Waals surface area contributed by atoms with Crippen molar-refractivity contribution in [3.05, 3.63) is 24.3 Å². The van der Waals surface area contributed by atoms with Gasteiger partial charge < -0.3 is 14.2 Å². The number of sulfonamides is 1. The SMILES string of the molecule is CC1(C)OB(c2cccc(NS(=O)(=O)CCN3CCCC3)c2)OC1(C)C. The van der Waals surface area contributed by atoms with Gasteiger partial charge in [-0.25, -0.2) is 8.42 Å². The van der Waals surface area contributed by atoms with Gasteiger partial charge >= 0.3 is 7.12 Å². The van der Waals surface area contributed by atoms with E-state index in [1.807, 2.05) is 39.8 Å². The number of benzene rings is 1. The minimum Gasteiger partial charge on any atom is -0.399 e. The van der Waals surface area contributed by atoms with Gasteiger partial charge in [-0.1, -0.05) is 12.1 Å². The third-order valence-electron chi connectivity index (χ3n) is 5.56. The van der Waals surface area contributed by atoms with Crippen LogP contribution in [-0.4, -0.2) is 57.0 Å². The van der Waals surface area contributed by atoms with Gasteiger partial charge in [0.15, 0.2) is 0 Å². The standard InChI is InChI=1S/C18H29BN2O4S/c1-17(2)18(3,4)25-19(24-17)15-8-7-9-16(14-15)20-26(22,23)13-12-21-10-5-6-11-21/h7-9,14,20H,5-6,10-13H2,1-4H3. The summed E-state index contributed by atoms with van der Waals surface area (Å²) in [5.74, 6) is 0.105. The van der Waals surface area contributed by atoms with E-state index in [4.69, 9.17) is 9.31 Å². The van der Waals surface area contributed by atoms with Crippen molar-refractivity contribution < 1.29 is 17.7 Å². The highest BCUT2D eigenvalue weighted by Crippen LogP contribution is 2.36. The molecule has 0 atom stereocenters. The number of hydrogen-bond acceptors (Lipinski definition) is 5. The minimum absolute atomic E-state index is 0.105. The van der Waals surface area contributed by atoms with E-state index in [0.717, 1.165) is 31.4 Å². The van der Waals surface area contributed by atoms with Crippen LogP contribution in [0.5, 0.6) is 0 Å². The fourth-order valence-corrected chi connectivity index (χ4v) is 4.30. The summed E-state index contributed by atoms with van der Waals surface area (Å²) in [6, 6.07) is 7.25. The number of anilines is 1. The van der Waals surface area contributed by atoms with Crippen LogP contribution in [0.3, 0.4) is 0 Å². The predicted octanol–water partition coefficient (Wildman–Crippen LogP) is 1.82. The van der Waals surface area contributed by atoms with Gasteiger partial charge in [-0.05, 0) is 71.2 Å². The third-order valence-corrected chi connectivity index (χ3v) is 6.83. The van der Waals surface area contributed by atoms with Crippen LogP contribution in [0.1, 0.15) is 40.5 Å². The monoisotopic (exact) mass is 380 g/mol. The highest BCUT2D eigenvalue weighted by Gasteiger charge is 2.51. The normalized spacial score (nSPS) is 22.7. The molecule has 1 aromatic rings. The lowest BCUT2D eigenvalue weighted by molar-refractivity contribution is 0.00578. The Balaban J connectivity index is 1.66. The van der Waals surface area contributed by atoms with E-state index >= 15 is 0 Å². The Morgan fingerprint density at radius 1 is 1.12 bits per heavy atom. The summed E-state index contributed by atoms with van der Waals surface area (Å²) in [7, 11) is -3.89. The molecule has 2 aliphatic heterocycles. The zero-order valence-corrected chi connectivity index (χ0v) is 16.9. The molecule has 1 N–H and O–H groups in total. The lowest BCUT2D eigenvalue weighted by atomic mass is 9.79. The van der Waals surface area contributed by atoms with Crippen molar-refractivity contribution >= 4 is 28.3 Å². The molecule has 2 fully saturated rings. The average molecular weight is 380 g/mol. The number of rotatable bonds is 6. The first-order chi connectivity index (χ1) is 12.1. The minimum atomic E-state index is -3.38. The molecule has 144 valence electrons. The summed E-state index contributed by atoms with van der Waals surface area (Å²) in [5.41, 5.74) is 0.494. The van der Waals surface area contributed by atoms with Crippen molar-refractivity contribution in [3.8, 4) is 0 Å². The van der Waals surface area contributed by atoms with Gasteiger partial charge in [0.25, 0.3) is 0 Å². The largest absolute Gasteiger partial charge is 0.494 e. The Kier molecular flexibility index (Phi) is 5.41. The van der Waals surface area contributed by atoms with Crippen LogP contribution < -0.4 is 10.2 Å². The van der Waals surface area contributed by atoms with Crippen LogP contribution in [-0.2, 0) is 19.3 Å². The number of hydrogen-bond donors (Lipinski definition) is 1. The van der Waals surface area contributed by atoms with Crippen LogP contribution in [0.2, 0.25) is 0 Å². The Morgan fingerprint density at radius 2 is 1.73 bits per heavy atom. The first-order valence-corrected chi connectivity index (χ1v) is 10.9. The number of nitrogens with one attached hydrogen (secondary N) is 1. The molecule has 6 nitrogen and oxygen atoms in total. The first kappa shape index (κ1) is 19.7. The van der Waals surface area contributed by atoms with E-state index in [-0.39, 0.29) is 5.75 Å². The second kappa shape index (κ2) is 7.15. The fraction of sp³-hybridized carbons (Fsp3) is 0.667. The van der Waals surface area contributed by atoms with Gasteiger partial charge in [0.1, 0.15) is 0 Å². The highest BCUT2D eigenvalue weighted by atomic mass is 32.2. The van der Waals surface area contributed by atoms with Gasteiger partial charge in [0, 0.05) is 12.2 Å². The summed E-state index contributed by atoms with van der Waals surface area (Å²) in [4.78, 5) is 2.19. The predicted molar refractivity (Wildman–Crippen MR) is 105 cm³/mol. The molecule has 0 bridgehead atoms. The molecule has 0 saturated carbocycles. The molecule has 26 heavy (non-hydrogen) atoms. The van der Waals surface area contributed by atoms with E-state index in [9.17, 15) is 8.42 Å². The molecule has 0 aromatic heterocycles. The van der Waals surface area contributed by atoms with Crippen LogP contribution >= 0.6 is 0 Å². The number of nitrogens with zero attached hydrogens (tertiary/aromatic N) is 1. The van der Waals surface area contributed by atoms with Crippen molar-refractivity contribution in [2.75, 3.05) is 30.1 Å². The zero-order chi connectivity index (χ0) is 19.0. The lowest BCUT2D eigenvalue weighted by Crippen LogP contribution is -2.41. The molecule has 0 spiro atoms. The van der Waals surface area contributed by atoms with Gasteiger partial charge in [0.2, 0.25) is 10.0 Å². The molecule has 2 heterocycles. The molecular weight excluding hydrogens is 351 g/mol. The van der Waals surface area contributed by atoms with E-state index in [1.165, 1.54) is 0 Å². The first-order valence-electron chi connectivity index (χ1n) is 9.26. The van der Waals surface area contributed by atoms with Gasteiger partial charge in [0.05, 0.1) is 17.0 Å². The van der Waals surface area contributed by atoms with Crippen molar-refractivity contribution in [2.45, 2.75) is 51.7 Å². The summed E-state index contributed by atoms with van der Waals surface area (Å²) in [5, 5.41) is 0. The van der Waals surface area contributed by atoms with E-state index in [0.29, 0.717) is 12.2 Å². The van der Waals surface area contributed by atoms with Crippen LogP contribution in [0.25, 0.3) is 0 Å². The lowest BCUT2D eigenvalue weighted by Gasteiger charge is -2.32. The Hall–Kier alpha value is -1.09. The Bertz CT molecular complexity index is 729. The van der Waals surface area contributed by atoms with Crippen LogP contribution in [0, 0.1) is 0 Å². The molecule has 8 heteroatoms. The maximum Gasteiger partial charge on any atom is 0.494 e. The van der Waals surface area contributed by atoms with Crippen molar-refractivity contribution in [3.63, 3.8) is 0 Å². The van der Waals surface area contributed by atoms with Gasteiger partial charge in [-0.3, -0.25) is 4.72 Å². The maximum atomic E-state index is 12.4. The van der Waals surface area contributed by atoms with Gasteiger partial charge in [-0.15, -0.1) is 0 Å². The summed E-state index contributed by atoms with van der Waals surface area (Å²) in [6.45, 7) is 10.6. The highest BCUT2D eigenvalue weighted by molar-refractivity contribution is 7.92. The molecule has 0 radical (unpaired) electrons. The van der Waals surface area contributed by atoms with Crippen LogP contribution in [0.15, 0.2) is 24.3 Å². The third kappa shape index (κ3) is 4.42. The van der Waals surface area contributed by atoms with Crippen molar-refractivity contribution in [2.24, 2.45) is 0 Å². The molecule has 0 amide bonds. The molecular formula is C18H29BN2O4S. The van der Waals surface area contributed by atoms with E-state index < -0.39 is 28.3 Å². The molecule has 1 aromatic carbocycles. The average Bonchev–Trinajstić information content (AvgIpc) is 3.12. The molecule has 0 unspecified atom stereocenters. The Morgan fingerprint density at radius 3 is 2.35 bits per heavy atom. The second-order valence-electron chi connectivity index (χ2n) is 8.18. The Labute approximate surface area is 157 Å². The van der Waals surface area contributed by atoms with Gasteiger partial charge in [-0.2, -0.15) is 0 Å². The van der Waals surface area contributed by atoms with Crippen LogP contribution in [0.4, 0.5) is 5.69 Å². The molecule has 2 saturated heterocycles. The molecule has 2 aliphatic rings. The van der Waals surface area contributed by atoms with E-state index in [2.05, 4.69) is 9.62 Å². The summed E-state index contributed by atoms with van der Waals surface area (Å²) >= 11 is 0. The molecule has 0 aliphatic carbocycles. The maximum absolute atomic E-state index is 12.4. The topological polar surface area (TPSA) is 67.9 Å². The molecule has 3 rings (SSSR count). The summed E-state index contributed by atoms with van der Waals surface area (Å²) < 4.78 is 39.6. The number of likely N-dealkylation sites (tertiary alicyclic amines) is 1. The fourth-order valence-electron chi connectivity index (χ4n) is 3.21. The van der Waals surface area contributed by atoms with Crippen molar-refractivity contribution in [1.82, 2.24) is 4.90 Å². The summed E-state index contributed by atoms with van der Waals surface area (Å²) in [6.07, 6.45) is 2.31. The van der Waals surface area contributed by atoms with E-state index in [1.54, 1.807) is 12.1 Å². The zero-order valence-electron chi connectivity index (χ0n) is 16.1. The second-order valence-corrected chi connectivity index (χ2v) is 10.0. The smallest absolute Gasteiger partial charge is 0.399 e. The van der Waals surface area contributed by atoms with Crippen molar-refractivity contribution in [1.29, 1.82) is 0 Å².